The van der Waals surface area contributed by atoms with E-state index in [9.17, 15) is 9.18 Å². The Morgan fingerprint density at radius 3 is 2.50 bits per heavy atom. The number of guanidine groups is 1. The maximum absolute atomic E-state index is 13.2. The van der Waals surface area contributed by atoms with Crippen molar-refractivity contribution in [3.05, 3.63) is 71.0 Å². The molecule has 0 bridgehead atoms. The van der Waals surface area contributed by atoms with E-state index < -0.39 is 0 Å². The maximum atomic E-state index is 13.2. The van der Waals surface area contributed by atoms with E-state index in [2.05, 4.69) is 20.9 Å². The van der Waals surface area contributed by atoms with Gasteiger partial charge in [0.15, 0.2) is 5.96 Å². The summed E-state index contributed by atoms with van der Waals surface area (Å²) in [5.74, 6) is 0.359. The Labute approximate surface area is 183 Å². The molecule has 0 radical (unpaired) electrons. The second kappa shape index (κ2) is 13.1. The normalized spacial score (nSPS) is 10.8. The van der Waals surface area contributed by atoms with E-state index in [1.165, 1.54) is 12.1 Å². The predicted molar refractivity (Wildman–Crippen MR) is 123 cm³/mol. The van der Waals surface area contributed by atoms with Gasteiger partial charge in [0, 0.05) is 31.7 Å². The number of amides is 1. The molecule has 0 heterocycles. The van der Waals surface area contributed by atoms with Crippen molar-refractivity contribution < 1.29 is 9.18 Å². The number of carbonyl (C=O) groups is 1. The van der Waals surface area contributed by atoms with Crippen LogP contribution >= 0.6 is 24.0 Å². The molecular formula is C21H28FIN4O. The summed E-state index contributed by atoms with van der Waals surface area (Å²) in [5, 5.41) is 9.23. The van der Waals surface area contributed by atoms with Gasteiger partial charge in [0.05, 0.1) is 0 Å². The second-order valence-corrected chi connectivity index (χ2v) is 6.19. The first-order chi connectivity index (χ1) is 13.1. The lowest BCUT2D eigenvalue weighted by atomic mass is 10.1. The molecular weight excluding hydrogens is 470 g/mol. The average molecular weight is 498 g/mol. The molecule has 152 valence electrons. The summed E-state index contributed by atoms with van der Waals surface area (Å²) < 4.78 is 13.2. The van der Waals surface area contributed by atoms with Gasteiger partial charge in [-0.1, -0.05) is 29.8 Å². The van der Waals surface area contributed by atoms with E-state index in [4.69, 9.17) is 0 Å². The monoisotopic (exact) mass is 498 g/mol. The Morgan fingerprint density at radius 1 is 1.04 bits per heavy atom. The van der Waals surface area contributed by atoms with Crippen molar-refractivity contribution in [2.45, 2.75) is 20.3 Å². The molecule has 0 atom stereocenters. The topological polar surface area (TPSA) is 65.5 Å². The number of nitrogens with one attached hydrogen (secondary N) is 3. The van der Waals surface area contributed by atoms with E-state index in [-0.39, 0.29) is 35.7 Å². The SMILES string of the molecule is CCNC(=NCCc1cccc(F)c1)NCCNC(=O)c1cccc(C)c1.I. The number of rotatable bonds is 8. The molecule has 0 fully saturated rings. The highest BCUT2D eigenvalue weighted by molar-refractivity contribution is 14.0. The molecule has 2 rings (SSSR count). The fourth-order valence-electron chi connectivity index (χ4n) is 2.58. The first-order valence-corrected chi connectivity index (χ1v) is 9.20. The second-order valence-electron chi connectivity index (χ2n) is 6.19. The Hall–Kier alpha value is -2.16. The summed E-state index contributed by atoms with van der Waals surface area (Å²) in [7, 11) is 0. The highest BCUT2D eigenvalue weighted by atomic mass is 127. The third-order valence-electron chi connectivity index (χ3n) is 3.89. The Balaban J connectivity index is 0.00000392. The highest BCUT2D eigenvalue weighted by Gasteiger charge is 2.04. The standard InChI is InChI=1S/C21H27FN4O.HI/c1-3-23-21(25-11-10-17-7-5-9-19(22)15-17)26-13-12-24-20(27)18-8-4-6-16(2)14-18;/h4-9,14-15H,3,10-13H2,1-2H3,(H,24,27)(H2,23,25,26);1H. The van der Waals surface area contributed by atoms with Crippen LogP contribution in [0.1, 0.15) is 28.4 Å². The molecule has 2 aromatic rings. The van der Waals surface area contributed by atoms with Crippen LogP contribution in [0.5, 0.6) is 0 Å². The minimum atomic E-state index is -0.231. The van der Waals surface area contributed by atoms with Gasteiger partial charge in [-0.05, 0) is 50.1 Å². The molecule has 0 saturated heterocycles. The number of hydrogen-bond acceptors (Lipinski definition) is 2. The molecule has 1 amide bonds. The van der Waals surface area contributed by atoms with Crippen LogP contribution in [0.2, 0.25) is 0 Å². The number of carbonyl (C=O) groups excluding carboxylic acids is 1. The van der Waals surface area contributed by atoms with Crippen molar-refractivity contribution in [2.24, 2.45) is 4.99 Å². The molecule has 0 unspecified atom stereocenters. The van der Waals surface area contributed by atoms with Crippen molar-refractivity contribution in [2.75, 3.05) is 26.2 Å². The van der Waals surface area contributed by atoms with Gasteiger partial charge in [-0.3, -0.25) is 9.79 Å². The number of aliphatic imine (C=N–C) groups is 1. The number of benzene rings is 2. The zero-order valence-corrected chi connectivity index (χ0v) is 18.6. The number of halogens is 2. The summed E-state index contributed by atoms with van der Waals surface area (Å²) >= 11 is 0. The molecule has 5 nitrogen and oxygen atoms in total. The molecule has 3 N–H and O–H groups in total. The van der Waals surface area contributed by atoms with Gasteiger partial charge in [0.2, 0.25) is 0 Å². The van der Waals surface area contributed by atoms with Crippen LogP contribution in [0.15, 0.2) is 53.5 Å². The van der Waals surface area contributed by atoms with E-state index in [1.807, 2.05) is 38.1 Å². The molecule has 0 aliphatic rings. The van der Waals surface area contributed by atoms with Gasteiger partial charge in [0.25, 0.3) is 5.91 Å². The van der Waals surface area contributed by atoms with Gasteiger partial charge in [-0.15, -0.1) is 24.0 Å². The van der Waals surface area contributed by atoms with Crippen LogP contribution < -0.4 is 16.0 Å². The van der Waals surface area contributed by atoms with Gasteiger partial charge in [-0.2, -0.15) is 0 Å². The van der Waals surface area contributed by atoms with Crippen molar-refractivity contribution in [3.8, 4) is 0 Å². The zero-order valence-electron chi connectivity index (χ0n) is 16.3. The van der Waals surface area contributed by atoms with Crippen molar-refractivity contribution in [3.63, 3.8) is 0 Å². The Bertz CT molecular complexity index is 783. The van der Waals surface area contributed by atoms with Crippen LogP contribution in [-0.4, -0.2) is 38.0 Å². The molecule has 0 saturated carbocycles. The fraction of sp³-hybridized carbons (Fsp3) is 0.333. The lowest BCUT2D eigenvalue weighted by Crippen LogP contribution is -2.41. The van der Waals surface area contributed by atoms with Crippen LogP contribution in [0.4, 0.5) is 4.39 Å². The largest absolute Gasteiger partial charge is 0.357 e. The van der Waals surface area contributed by atoms with Gasteiger partial charge < -0.3 is 16.0 Å². The number of hydrogen-bond donors (Lipinski definition) is 3. The quantitative estimate of drug-likeness (QED) is 0.227. The molecule has 0 spiro atoms. The van der Waals surface area contributed by atoms with Crippen molar-refractivity contribution in [1.29, 1.82) is 0 Å². The lowest BCUT2D eigenvalue weighted by Gasteiger charge is -2.12. The maximum Gasteiger partial charge on any atom is 0.251 e. The van der Waals surface area contributed by atoms with Crippen molar-refractivity contribution >= 4 is 35.8 Å². The van der Waals surface area contributed by atoms with Crippen LogP contribution in [0.3, 0.4) is 0 Å². The number of nitrogens with zero attached hydrogens (tertiary/aromatic N) is 1. The molecule has 0 aromatic heterocycles. The molecule has 7 heteroatoms. The Morgan fingerprint density at radius 2 is 1.79 bits per heavy atom. The third kappa shape index (κ3) is 8.69. The van der Waals surface area contributed by atoms with Crippen LogP contribution in [0.25, 0.3) is 0 Å². The van der Waals surface area contributed by atoms with Gasteiger partial charge in [-0.25, -0.2) is 4.39 Å². The molecule has 0 aliphatic heterocycles. The number of aryl methyl sites for hydroxylation is 1. The summed E-state index contributed by atoms with van der Waals surface area (Å²) in [6, 6.07) is 14.0. The summed E-state index contributed by atoms with van der Waals surface area (Å²) in [6.45, 7) is 6.28. The van der Waals surface area contributed by atoms with E-state index in [0.717, 1.165) is 17.7 Å². The van der Waals surface area contributed by atoms with E-state index in [0.29, 0.717) is 37.6 Å². The van der Waals surface area contributed by atoms with Gasteiger partial charge >= 0.3 is 0 Å². The van der Waals surface area contributed by atoms with E-state index >= 15 is 0 Å². The lowest BCUT2D eigenvalue weighted by molar-refractivity contribution is 0.0954. The fourth-order valence-corrected chi connectivity index (χ4v) is 2.58. The minimum Gasteiger partial charge on any atom is -0.357 e. The average Bonchev–Trinajstić information content (AvgIpc) is 2.65. The zero-order chi connectivity index (χ0) is 19.5. The Kier molecular flexibility index (Phi) is 11.2. The molecule has 28 heavy (non-hydrogen) atoms. The van der Waals surface area contributed by atoms with Gasteiger partial charge in [0.1, 0.15) is 5.82 Å². The summed E-state index contributed by atoms with van der Waals surface area (Å²) in [5.41, 5.74) is 2.63. The summed E-state index contributed by atoms with van der Waals surface area (Å²) in [6.07, 6.45) is 0.665. The smallest absolute Gasteiger partial charge is 0.251 e. The predicted octanol–water partition coefficient (Wildman–Crippen LogP) is 3.28. The third-order valence-corrected chi connectivity index (χ3v) is 3.89. The minimum absolute atomic E-state index is 0. The first kappa shape index (κ1) is 23.9. The first-order valence-electron chi connectivity index (χ1n) is 9.20. The summed E-state index contributed by atoms with van der Waals surface area (Å²) in [4.78, 5) is 16.6. The van der Waals surface area contributed by atoms with Crippen LogP contribution in [-0.2, 0) is 6.42 Å². The molecule has 0 aliphatic carbocycles. The van der Waals surface area contributed by atoms with Crippen molar-refractivity contribution in [1.82, 2.24) is 16.0 Å². The van der Waals surface area contributed by atoms with Crippen LogP contribution in [0, 0.1) is 12.7 Å². The molecule has 2 aromatic carbocycles. The highest BCUT2D eigenvalue weighted by Crippen LogP contribution is 2.04. The van der Waals surface area contributed by atoms with E-state index in [1.54, 1.807) is 12.1 Å².